The van der Waals surface area contributed by atoms with Crippen LogP contribution >= 0.6 is 0 Å². The molecule has 2 N–H and O–H groups in total. The number of halogens is 1. The lowest BCUT2D eigenvalue weighted by Gasteiger charge is -2.28. The average Bonchev–Trinajstić information content (AvgIpc) is 2.42. The molecule has 5 heteroatoms. The number of nitrogens with one attached hydrogen (secondary N) is 1. The minimum Gasteiger partial charge on any atom is -1.00 e. The second-order valence-electron chi connectivity index (χ2n) is 10.4. The van der Waals surface area contributed by atoms with Crippen LogP contribution in [0.2, 0.25) is 0 Å². The van der Waals surface area contributed by atoms with Crippen molar-refractivity contribution in [1.82, 2.24) is 5.32 Å². The smallest absolute Gasteiger partial charge is 0.220 e. The molecule has 0 saturated carbocycles. The van der Waals surface area contributed by atoms with Crippen molar-refractivity contribution in [3.8, 4) is 5.75 Å². The Hall–Kier alpha value is -1.26. The summed E-state index contributed by atoms with van der Waals surface area (Å²) in [5, 5.41) is 13.8. The Balaban J connectivity index is 0.00000676. The number of aryl methyl sites for hydroxylation is 1. The largest absolute Gasteiger partial charge is 1.00 e. The van der Waals surface area contributed by atoms with E-state index in [1.165, 1.54) is 0 Å². The summed E-state index contributed by atoms with van der Waals surface area (Å²) in [7, 11) is 6.35. The summed E-state index contributed by atoms with van der Waals surface area (Å²) < 4.78 is 0.835. The number of nitrogens with zero attached hydrogens (tertiary/aromatic N) is 1. The van der Waals surface area contributed by atoms with E-state index < -0.39 is 0 Å². The number of aromatic hydroxyl groups is 1. The van der Waals surface area contributed by atoms with Crippen LogP contribution in [0.1, 0.15) is 64.7 Å². The second kappa shape index (κ2) is 9.29. The van der Waals surface area contributed by atoms with Crippen molar-refractivity contribution in [2.24, 2.45) is 0 Å². The number of carbonyl (C=O) groups is 1. The highest BCUT2D eigenvalue weighted by molar-refractivity contribution is 5.76. The third-order valence-corrected chi connectivity index (χ3v) is 4.53. The van der Waals surface area contributed by atoms with Gasteiger partial charge in [0.1, 0.15) is 5.75 Å². The number of benzene rings is 1. The summed E-state index contributed by atoms with van der Waals surface area (Å²) in [5.74, 6) is 0.474. The number of amides is 1. The molecular formula is C22H39ClN2O2. The first-order valence-electron chi connectivity index (χ1n) is 9.55. The van der Waals surface area contributed by atoms with Crippen LogP contribution in [0.5, 0.6) is 5.75 Å². The molecular weight excluding hydrogens is 360 g/mol. The van der Waals surface area contributed by atoms with Gasteiger partial charge in [-0.25, -0.2) is 0 Å². The fourth-order valence-electron chi connectivity index (χ4n) is 2.86. The van der Waals surface area contributed by atoms with Crippen molar-refractivity contribution in [2.75, 3.05) is 34.2 Å². The predicted octanol–water partition coefficient (Wildman–Crippen LogP) is 0.746. The topological polar surface area (TPSA) is 49.3 Å². The maximum absolute atomic E-state index is 12.2. The Morgan fingerprint density at radius 1 is 1.00 bits per heavy atom. The minimum absolute atomic E-state index is 0. The molecule has 27 heavy (non-hydrogen) atoms. The van der Waals surface area contributed by atoms with Gasteiger partial charge >= 0.3 is 0 Å². The molecule has 0 aliphatic carbocycles. The van der Waals surface area contributed by atoms with Crippen molar-refractivity contribution in [3.63, 3.8) is 0 Å². The zero-order valence-electron chi connectivity index (χ0n) is 18.7. The van der Waals surface area contributed by atoms with Crippen molar-refractivity contribution in [1.29, 1.82) is 0 Å². The van der Waals surface area contributed by atoms with Crippen LogP contribution in [-0.2, 0) is 22.0 Å². The van der Waals surface area contributed by atoms with Gasteiger partial charge in [-0.3, -0.25) is 4.79 Å². The zero-order chi connectivity index (χ0) is 20.3. The number of carbonyl (C=O) groups excluding carboxylic acids is 1. The third-order valence-electron chi connectivity index (χ3n) is 4.53. The number of rotatable bonds is 6. The molecule has 0 radical (unpaired) electrons. The number of hydrogen-bond acceptors (Lipinski definition) is 2. The molecule has 0 aromatic heterocycles. The maximum atomic E-state index is 12.2. The van der Waals surface area contributed by atoms with E-state index in [1.54, 1.807) is 0 Å². The first-order valence-corrected chi connectivity index (χ1v) is 9.55. The van der Waals surface area contributed by atoms with E-state index in [0.29, 0.717) is 25.1 Å². The summed E-state index contributed by atoms with van der Waals surface area (Å²) >= 11 is 0. The van der Waals surface area contributed by atoms with Crippen molar-refractivity contribution >= 4 is 5.91 Å². The number of quaternary nitrogens is 1. The molecule has 0 saturated heterocycles. The lowest BCUT2D eigenvalue weighted by atomic mass is 9.78. The lowest BCUT2D eigenvalue weighted by molar-refractivity contribution is -0.869. The average molecular weight is 399 g/mol. The van der Waals surface area contributed by atoms with Crippen molar-refractivity contribution in [2.45, 2.75) is 65.2 Å². The normalized spacial score (nSPS) is 12.5. The standard InChI is InChI=1S/C22H38N2O2.ClH/c1-21(2,3)17-14-16(15-18(20(17)26)22(4,5)6)10-11-19(25)23-12-13-24(7,8)9;/h14-15H,10-13H2,1-9H3,(H-,23,25,26);1H. The van der Waals surface area contributed by atoms with Gasteiger partial charge in [-0.15, -0.1) is 0 Å². The molecule has 0 aliphatic rings. The Morgan fingerprint density at radius 3 is 1.81 bits per heavy atom. The van der Waals surface area contributed by atoms with Gasteiger partial charge in [0, 0.05) is 6.42 Å². The first kappa shape index (κ1) is 25.7. The van der Waals surface area contributed by atoms with Gasteiger partial charge in [0.05, 0.1) is 34.2 Å². The van der Waals surface area contributed by atoms with E-state index in [4.69, 9.17) is 0 Å². The van der Waals surface area contributed by atoms with Crippen LogP contribution in [0.3, 0.4) is 0 Å². The molecule has 0 fully saturated rings. The fourth-order valence-corrected chi connectivity index (χ4v) is 2.86. The van der Waals surface area contributed by atoms with Gasteiger partial charge in [0.15, 0.2) is 0 Å². The minimum atomic E-state index is -0.146. The Kier molecular flexibility index (Phi) is 8.86. The van der Waals surface area contributed by atoms with Crippen molar-refractivity contribution in [3.05, 3.63) is 28.8 Å². The summed E-state index contributed by atoms with van der Waals surface area (Å²) in [5.41, 5.74) is 2.72. The molecule has 0 aliphatic heterocycles. The summed E-state index contributed by atoms with van der Waals surface area (Å²) in [6.07, 6.45) is 1.15. The second-order valence-corrected chi connectivity index (χ2v) is 10.4. The number of phenols is 1. The van der Waals surface area contributed by atoms with E-state index in [2.05, 4.69) is 80.1 Å². The number of hydrogen-bond donors (Lipinski definition) is 2. The molecule has 0 bridgehead atoms. The lowest BCUT2D eigenvalue weighted by Crippen LogP contribution is -3.00. The molecule has 0 heterocycles. The van der Waals surface area contributed by atoms with Crippen LogP contribution < -0.4 is 17.7 Å². The van der Waals surface area contributed by atoms with E-state index >= 15 is 0 Å². The van der Waals surface area contributed by atoms with E-state index in [-0.39, 0.29) is 29.1 Å². The Bertz CT molecular complexity index is 600. The molecule has 4 nitrogen and oxygen atoms in total. The van der Waals surface area contributed by atoms with Crippen LogP contribution in [0, 0.1) is 0 Å². The quantitative estimate of drug-likeness (QED) is 0.694. The van der Waals surface area contributed by atoms with E-state index in [9.17, 15) is 9.90 Å². The Labute approximate surface area is 172 Å². The zero-order valence-corrected chi connectivity index (χ0v) is 19.4. The Morgan fingerprint density at radius 2 is 1.44 bits per heavy atom. The van der Waals surface area contributed by atoms with E-state index in [0.717, 1.165) is 27.7 Å². The first-order chi connectivity index (χ1) is 11.6. The molecule has 0 unspecified atom stereocenters. The molecule has 0 spiro atoms. The van der Waals surface area contributed by atoms with Crippen LogP contribution in [-0.4, -0.2) is 49.7 Å². The van der Waals surface area contributed by atoms with Crippen molar-refractivity contribution < 1.29 is 26.8 Å². The fraction of sp³-hybridized carbons (Fsp3) is 0.682. The highest BCUT2D eigenvalue weighted by Gasteiger charge is 2.26. The monoisotopic (exact) mass is 398 g/mol. The number of phenolic OH excluding ortho intramolecular Hbond substituents is 1. The SMILES string of the molecule is CC(C)(C)c1cc(CCC(=O)NCC[N+](C)(C)C)cc(C(C)(C)C)c1O.[Cl-]. The maximum Gasteiger partial charge on any atom is 0.220 e. The summed E-state index contributed by atoms with van der Waals surface area (Å²) in [4.78, 5) is 12.2. The molecule has 1 aromatic rings. The van der Waals surface area contributed by atoms with Crippen LogP contribution in [0.15, 0.2) is 12.1 Å². The highest BCUT2D eigenvalue weighted by Crippen LogP contribution is 2.39. The molecule has 0 atom stereocenters. The van der Waals surface area contributed by atoms with Gasteiger partial charge in [0.2, 0.25) is 5.91 Å². The highest BCUT2D eigenvalue weighted by atomic mass is 35.5. The molecule has 1 rings (SSSR count). The van der Waals surface area contributed by atoms with E-state index in [1.807, 2.05) is 0 Å². The van der Waals surface area contributed by atoms with Gasteiger partial charge in [-0.2, -0.15) is 0 Å². The third kappa shape index (κ3) is 8.52. The van der Waals surface area contributed by atoms with Gasteiger partial charge in [-0.05, 0) is 33.9 Å². The van der Waals surface area contributed by atoms with Gasteiger partial charge < -0.3 is 27.3 Å². The van der Waals surface area contributed by atoms with Gasteiger partial charge in [-0.1, -0.05) is 53.7 Å². The molecule has 1 aromatic carbocycles. The summed E-state index contributed by atoms with van der Waals surface area (Å²) in [6, 6.07) is 4.12. The van der Waals surface area contributed by atoms with Gasteiger partial charge in [0.25, 0.3) is 0 Å². The molecule has 156 valence electrons. The van der Waals surface area contributed by atoms with Crippen LogP contribution in [0.4, 0.5) is 0 Å². The van der Waals surface area contributed by atoms with Crippen LogP contribution in [0.25, 0.3) is 0 Å². The predicted molar refractivity (Wildman–Crippen MR) is 110 cm³/mol. The number of likely N-dealkylation sites (N-methyl/N-ethyl adjacent to an activating group) is 1. The molecule has 1 amide bonds. The summed E-state index contributed by atoms with van der Waals surface area (Å²) in [6.45, 7) is 14.2.